The maximum atomic E-state index is 12.2. The Morgan fingerprint density at radius 1 is 1.33 bits per heavy atom. The minimum absolute atomic E-state index is 0.000608. The number of unbranched alkanes of at least 4 members (excludes halogenated alkanes) is 2. The highest BCUT2D eigenvalue weighted by Gasteiger charge is 2.26. The van der Waals surface area contributed by atoms with Crippen LogP contribution in [0.1, 0.15) is 44.6 Å². The van der Waals surface area contributed by atoms with Gasteiger partial charge in [0.25, 0.3) is 0 Å². The zero-order valence-electron chi connectivity index (χ0n) is 14.4. The fraction of sp³-hybridized carbons (Fsp3) is 0.526. The van der Waals surface area contributed by atoms with Crippen LogP contribution in [0, 0.1) is 5.92 Å². The van der Waals surface area contributed by atoms with Crippen molar-refractivity contribution in [3.63, 3.8) is 0 Å². The van der Waals surface area contributed by atoms with Gasteiger partial charge in [0.15, 0.2) is 0 Å². The van der Waals surface area contributed by atoms with E-state index in [-0.39, 0.29) is 17.7 Å². The fourth-order valence-corrected chi connectivity index (χ4v) is 2.84. The molecule has 1 saturated heterocycles. The molecule has 1 aliphatic heterocycles. The summed E-state index contributed by atoms with van der Waals surface area (Å²) in [6.45, 7) is 4.20. The van der Waals surface area contributed by atoms with Crippen molar-refractivity contribution in [1.82, 2.24) is 15.2 Å². The number of likely N-dealkylation sites (tertiary alicyclic amines) is 1. The van der Waals surface area contributed by atoms with Gasteiger partial charge in [-0.25, -0.2) is 0 Å². The normalized spacial score (nSPS) is 15.6. The van der Waals surface area contributed by atoms with E-state index in [1.54, 1.807) is 24.5 Å². The van der Waals surface area contributed by atoms with Crippen LogP contribution in [0.4, 0.5) is 0 Å². The van der Waals surface area contributed by atoms with Gasteiger partial charge in [0.1, 0.15) is 0 Å². The second-order valence-electron chi connectivity index (χ2n) is 6.22. The van der Waals surface area contributed by atoms with E-state index in [1.165, 1.54) is 0 Å². The van der Waals surface area contributed by atoms with Crippen molar-refractivity contribution >= 4 is 17.9 Å². The third kappa shape index (κ3) is 5.80. The van der Waals surface area contributed by atoms with Gasteiger partial charge in [-0.3, -0.25) is 14.6 Å². The van der Waals surface area contributed by atoms with E-state index in [2.05, 4.69) is 17.2 Å². The zero-order valence-corrected chi connectivity index (χ0v) is 14.4. The molecule has 5 nitrogen and oxygen atoms in total. The Hall–Kier alpha value is -2.17. The first-order chi connectivity index (χ1) is 11.7. The Kier molecular flexibility index (Phi) is 7.46. The number of carbonyl (C=O) groups excluding carboxylic acids is 2. The first-order valence-corrected chi connectivity index (χ1v) is 8.85. The van der Waals surface area contributed by atoms with Gasteiger partial charge in [-0.1, -0.05) is 25.8 Å². The summed E-state index contributed by atoms with van der Waals surface area (Å²) in [5, 5.41) is 3.01. The van der Waals surface area contributed by atoms with Gasteiger partial charge in [0.2, 0.25) is 11.8 Å². The third-order valence-electron chi connectivity index (χ3n) is 4.36. The molecule has 0 aliphatic carbocycles. The quantitative estimate of drug-likeness (QED) is 0.618. The molecule has 0 bridgehead atoms. The Morgan fingerprint density at radius 2 is 2.12 bits per heavy atom. The molecule has 1 aromatic rings. The smallest absolute Gasteiger partial charge is 0.246 e. The molecule has 1 N–H and O–H groups in total. The summed E-state index contributed by atoms with van der Waals surface area (Å²) < 4.78 is 0. The molecule has 2 heterocycles. The number of hydrogen-bond donors (Lipinski definition) is 1. The lowest BCUT2D eigenvalue weighted by Gasteiger charge is -2.30. The summed E-state index contributed by atoms with van der Waals surface area (Å²) in [5.41, 5.74) is 0.909. The van der Waals surface area contributed by atoms with Crippen LogP contribution in [0.5, 0.6) is 0 Å². The van der Waals surface area contributed by atoms with Crippen LogP contribution in [0.15, 0.2) is 30.6 Å². The molecule has 1 aromatic heterocycles. The van der Waals surface area contributed by atoms with Crippen molar-refractivity contribution in [1.29, 1.82) is 0 Å². The van der Waals surface area contributed by atoms with Crippen molar-refractivity contribution in [2.24, 2.45) is 5.92 Å². The van der Waals surface area contributed by atoms with Gasteiger partial charge in [0, 0.05) is 44.0 Å². The molecule has 2 rings (SSSR count). The molecule has 0 spiro atoms. The van der Waals surface area contributed by atoms with E-state index < -0.39 is 0 Å². The van der Waals surface area contributed by atoms with E-state index in [1.807, 2.05) is 17.0 Å². The van der Waals surface area contributed by atoms with E-state index in [9.17, 15) is 9.59 Å². The Balaban J connectivity index is 1.72. The van der Waals surface area contributed by atoms with Gasteiger partial charge in [-0.15, -0.1) is 0 Å². The van der Waals surface area contributed by atoms with Gasteiger partial charge in [-0.2, -0.15) is 0 Å². The summed E-state index contributed by atoms with van der Waals surface area (Å²) in [7, 11) is 0. The highest BCUT2D eigenvalue weighted by Crippen LogP contribution is 2.18. The second-order valence-corrected chi connectivity index (χ2v) is 6.22. The van der Waals surface area contributed by atoms with Crippen LogP contribution in [0.25, 0.3) is 6.08 Å². The van der Waals surface area contributed by atoms with E-state index in [4.69, 9.17) is 0 Å². The summed E-state index contributed by atoms with van der Waals surface area (Å²) in [6, 6.07) is 3.75. The molecular formula is C19H27N3O2. The van der Waals surface area contributed by atoms with Crippen LogP contribution in [0.3, 0.4) is 0 Å². The number of aromatic nitrogens is 1. The summed E-state index contributed by atoms with van der Waals surface area (Å²) >= 11 is 0. The first kappa shape index (κ1) is 18.2. The molecule has 0 unspecified atom stereocenters. The summed E-state index contributed by atoms with van der Waals surface area (Å²) in [5.74, 6) is 0.183. The number of hydrogen-bond acceptors (Lipinski definition) is 3. The predicted molar refractivity (Wildman–Crippen MR) is 95.1 cm³/mol. The Labute approximate surface area is 144 Å². The maximum absolute atomic E-state index is 12.2. The molecule has 0 radical (unpaired) electrons. The molecular weight excluding hydrogens is 302 g/mol. The van der Waals surface area contributed by atoms with Crippen molar-refractivity contribution in [3.8, 4) is 0 Å². The van der Waals surface area contributed by atoms with Crippen molar-refractivity contribution in [3.05, 3.63) is 36.2 Å². The minimum atomic E-state index is 0.000608. The summed E-state index contributed by atoms with van der Waals surface area (Å²) in [4.78, 5) is 30.2. The number of rotatable bonds is 7. The third-order valence-corrected chi connectivity index (χ3v) is 4.36. The van der Waals surface area contributed by atoms with Gasteiger partial charge >= 0.3 is 0 Å². The number of carbonyl (C=O) groups is 2. The minimum Gasteiger partial charge on any atom is -0.356 e. The highest BCUT2D eigenvalue weighted by atomic mass is 16.2. The van der Waals surface area contributed by atoms with E-state index in [0.29, 0.717) is 13.1 Å². The average Bonchev–Trinajstić information content (AvgIpc) is 2.64. The lowest BCUT2D eigenvalue weighted by Crippen LogP contribution is -2.42. The number of pyridine rings is 1. The van der Waals surface area contributed by atoms with Crippen molar-refractivity contribution in [2.75, 3.05) is 19.6 Å². The lowest BCUT2D eigenvalue weighted by atomic mass is 9.95. The first-order valence-electron chi connectivity index (χ1n) is 8.85. The molecule has 130 valence electrons. The largest absolute Gasteiger partial charge is 0.356 e. The van der Waals surface area contributed by atoms with Gasteiger partial charge in [-0.05, 0) is 37.0 Å². The van der Waals surface area contributed by atoms with Gasteiger partial charge in [0.05, 0.1) is 0 Å². The summed E-state index contributed by atoms with van der Waals surface area (Å²) in [6.07, 6.45) is 11.6. The van der Waals surface area contributed by atoms with Crippen LogP contribution < -0.4 is 5.32 Å². The molecule has 0 saturated carbocycles. The second kappa shape index (κ2) is 9.85. The maximum Gasteiger partial charge on any atom is 0.246 e. The molecule has 1 fully saturated rings. The molecule has 0 atom stereocenters. The van der Waals surface area contributed by atoms with Crippen LogP contribution >= 0.6 is 0 Å². The average molecular weight is 329 g/mol. The highest BCUT2D eigenvalue weighted by molar-refractivity contribution is 5.92. The Bertz CT molecular complexity index is 549. The SMILES string of the molecule is CCCCCNC(=O)C1CCN(C(=O)/C=C/c2cccnc2)CC1. The number of amides is 2. The molecule has 1 aliphatic rings. The number of nitrogens with one attached hydrogen (secondary N) is 1. The predicted octanol–water partition coefficient (Wildman–Crippen LogP) is 2.64. The topological polar surface area (TPSA) is 62.3 Å². The standard InChI is InChI=1S/C19H27N3O2/c1-2-3-4-12-21-19(24)17-9-13-22(14-10-17)18(23)8-7-16-6-5-11-20-15-16/h5-8,11,15,17H,2-4,9-10,12-14H2,1H3,(H,21,24)/b8-7+. The van der Waals surface area contributed by atoms with Crippen molar-refractivity contribution in [2.45, 2.75) is 39.0 Å². The fourth-order valence-electron chi connectivity index (χ4n) is 2.84. The number of piperidine rings is 1. The van der Waals surface area contributed by atoms with Crippen molar-refractivity contribution < 1.29 is 9.59 Å². The zero-order chi connectivity index (χ0) is 17.2. The van der Waals surface area contributed by atoms with Crippen LogP contribution in [-0.4, -0.2) is 41.3 Å². The molecule has 0 aromatic carbocycles. The van der Waals surface area contributed by atoms with Gasteiger partial charge < -0.3 is 10.2 Å². The monoisotopic (exact) mass is 329 g/mol. The van der Waals surface area contributed by atoms with Crippen LogP contribution in [0.2, 0.25) is 0 Å². The molecule has 5 heteroatoms. The van der Waals surface area contributed by atoms with E-state index in [0.717, 1.165) is 44.2 Å². The molecule has 24 heavy (non-hydrogen) atoms. The molecule has 2 amide bonds. The Morgan fingerprint density at radius 3 is 2.79 bits per heavy atom. The van der Waals surface area contributed by atoms with E-state index >= 15 is 0 Å². The lowest BCUT2D eigenvalue weighted by molar-refractivity contribution is -0.132. The van der Waals surface area contributed by atoms with Crippen LogP contribution in [-0.2, 0) is 9.59 Å². The number of nitrogens with zero attached hydrogens (tertiary/aromatic N) is 2.